The Morgan fingerprint density at radius 2 is 2.19 bits per heavy atom. The van der Waals surface area contributed by atoms with E-state index in [4.69, 9.17) is 4.98 Å². The van der Waals surface area contributed by atoms with E-state index in [9.17, 15) is 0 Å². The zero-order valence-electron chi connectivity index (χ0n) is 13.2. The molecular weight excluding hydrogens is 260 g/mol. The lowest BCUT2D eigenvalue weighted by Crippen LogP contribution is -2.31. The molecule has 1 N–H and O–H groups in total. The molecular formula is C17H24N4. The predicted octanol–water partition coefficient (Wildman–Crippen LogP) is 2.93. The summed E-state index contributed by atoms with van der Waals surface area (Å²) in [4.78, 5) is 15.2. The van der Waals surface area contributed by atoms with E-state index >= 15 is 0 Å². The molecule has 0 fully saturated rings. The van der Waals surface area contributed by atoms with Gasteiger partial charge in [-0.15, -0.1) is 0 Å². The van der Waals surface area contributed by atoms with E-state index in [1.54, 1.807) is 0 Å². The highest BCUT2D eigenvalue weighted by Gasteiger charge is 2.19. The van der Waals surface area contributed by atoms with Crippen LogP contribution < -0.4 is 0 Å². The third-order valence-corrected chi connectivity index (χ3v) is 4.19. The third kappa shape index (κ3) is 3.16. The molecule has 0 saturated heterocycles. The maximum absolute atomic E-state index is 4.76. The average Bonchev–Trinajstić information content (AvgIpc) is 2.77. The summed E-state index contributed by atoms with van der Waals surface area (Å²) in [5, 5.41) is 0. The van der Waals surface area contributed by atoms with E-state index in [0.29, 0.717) is 0 Å². The van der Waals surface area contributed by atoms with Crippen LogP contribution in [0.5, 0.6) is 0 Å². The molecule has 0 aliphatic carbocycles. The molecule has 0 amide bonds. The molecule has 0 spiro atoms. The van der Waals surface area contributed by atoms with Gasteiger partial charge in [0.05, 0.1) is 5.69 Å². The van der Waals surface area contributed by atoms with Crippen molar-refractivity contribution in [3.8, 4) is 0 Å². The average molecular weight is 284 g/mol. The van der Waals surface area contributed by atoms with Gasteiger partial charge in [0.25, 0.3) is 0 Å². The molecule has 0 unspecified atom stereocenters. The molecule has 4 nitrogen and oxygen atoms in total. The Bertz CT molecular complexity index is 630. The Balaban J connectivity index is 1.74. The highest BCUT2D eigenvalue weighted by molar-refractivity contribution is 5.25. The maximum atomic E-state index is 4.76. The first-order valence-electron chi connectivity index (χ1n) is 7.87. The van der Waals surface area contributed by atoms with Gasteiger partial charge < -0.3 is 4.98 Å². The summed E-state index contributed by atoms with van der Waals surface area (Å²) in [6, 6.07) is 2.22. The van der Waals surface area contributed by atoms with E-state index in [1.807, 2.05) is 6.20 Å². The monoisotopic (exact) mass is 284 g/mol. The van der Waals surface area contributed by atoms with E-state index in [-0.39, 0.29) is 0 Å². The molecule has 1 aliphatic heterocycles. The standard InChI is InChI=1S/C17H24N4/c1-4-5-17-18-9-14-6-7-21(11-16(14)20-17)10-15-12(2)8-13(3)19-15/h8-9,19H,4-7,10-11H2,1-3H3. The van der Waals surface area contributed by atoms with Crippen LogP contribution >= 0.6 is 0 Å². The van der Waals surface area contributed by atoms with Gasteiger partial charge in [0.15, 0.2) is 0 Å². The Kier molecular flexibility index (Phi) is 4.06. The van der Waals surface area contributed by atoms with Crippen LogP contribution in [0.4, 0.5) is 0 Å². The molecule has 112 valence electrons. The molecule has 2 aromatic heterocycles. The quantitative estimate of drug-likeness (QED) is 0.939. The summed E-state index contributed by atoms with van der Waals surface area (Å²) in [5.74, 6) is 0.991. The summed E-state index contributed by atoms with van der Waals surface area (Å²) < 4.78 is 0. The van der Waals surface area contributed by atoms with Crippen molar-refractivity contribution in [2.45, 2.75) is 53.1 Å². The van der Waals surface area contributed by atoms with E-state index < -0.39 is 0 Å². The van der Waals surface area contributed by atoms with Gasteiger partial charge in [0, 0.05) is 43.6 Å². The minimum Gasteiger partial charge on any atom is -0.361 e. The first-order chi connectivity index (χ1) is 10.2. The number of nitrogens with zero attached hydrogens (tertiary/aromatic N) is 3. The number of hydrogen-bond donors (Lipinski definition) is 1. The number of hydrogen-bond acceptors (Lipinski definition) is 3. The van der Waals surface area contributed by atoms with Crippen LogP contribution in [0.1, 0.15) is 47.4 Å². The van der Waals surface area contributed by atoms with Crippen molar-refractivity contribution >= 4 is 0 Å². The molecule has 4 heteroatoms. The number of nitrogens with one attached hydrogen (secondary N) is 1. The second-order valence-corrected chi connectivity index (χ2v) is 6.08. The Morgan fingerprint density at radius 1 is 1.33 bits per heavy atom. The lowest BCUT2D eigenvalue weighted by Gasteiger charge is -2.27. The van der Waals surface area contributed by atoms with Crippen LogP contribution in [0.2, 0.25) is 0 Å². The summed E-state index contributed by atoms with van der Waals surface area (Å²) in [6.07, 6.45) is 5.17. The number of H-pyrrole nitrogens is 1. The summed E-state index contributed by atoms with van der Waals surface area (Å²) in [6.45, 7) is 9.47. The molecule has 0 saturated carbocycles. The summed E-state index contributed by atoms with van der Waals surface area (Å²) >= 11 is 0. The van der Waals surface area contributed by atoms with Crippen molar-refractivity contribution in [1.82, 2.24) is 19.9 Å². The molecule has 0 bridgehead atoms. The van der Waals surface area contributed by atoms with Crippen molar-refractivity contribution in [3.05, 3.63) is 46.3 Å². The van der Waals surface area contributed by atoms with Crippen molar-refractivity contribution in [2.75, 3.05) is 6.54 Å². The molecule has 0 radical (unpaired) electrons. The van der Waals surface area contributed by atoms with Gasteiger partial charge in [-0.1, -0.05) is 6.92 Å². The zero-order valence-corrected chi connectivity index (χ0v) is 13.2. The Hall–Kier alpha value is -1.68. The van der Waals surface area contributed by atoms with Crippen LogP contribution in [0.15, 0.2) is 12.3 Å². The number of aromatic amines is 1. The molecule has 21 heavy (non-hydrogen) atoms. The minimum absolute atomic E-state index is 0.937. The minimum atomic E-state index is 0.937. The van der Waals surface area contributed by atoms with Gasteiger partial charge in [-0.05, 0) is 43.9 Å². The number of fused-ring (bicyclic) bond motifs is 1. The van der Waals surface area contributed by atoms with Crippen LogP contribution in [-0.4, -0.2) is 26.4 Å². The summed E-state index contributed by atoms with van der Waals surface area (Å²) in [5.41, 5.74) is 6.48. The number of aryl methyl sites for hydroxylation is 3. The van der Waals surface area contributed by atoms with Gasteiger partial charge in [-0.3, -0.25) is 4.90 Å². The Labute approximate surface area is 126 Å². The molecule has 3 rings (SSSR count). The van der Waals surface area contributed by atoms with E-state index in [2.05, 4.69) is 41.7 Å². The third-order valence-electron chi connectivity index (χ3n) is 4.19. The highest BCUT2D eigenvalue weighted by atomic mass is 15.1. The lowest BCUT2D eigenvalue weighted by molar-refractivity contribution is 0.237. The topological polar surface area (TPSA) is 44.8 Å². The van der Waals surface area contributed by atoms with Gasteiger partial charge in [0.1, 0.15) is 5.82 Å². The first kappa shape index (κ1) is 14.3. The number of aromatic nitrogens is 3. The largest absolute Gasteiger partial charge is 0.361 e. The van der Waals surface area contributed by atoms with Crippen molar-refractivity contribution < 1.29 is 0 Å². The fourth-order valence-corrected chi connectivity index (χ4v) is 3.05. The second kappa shape index (κ2) is 5.98. The van der Waals surface area contributed by atoms with Gasteiger partial charge in [0.2, 0.25) is 0 Å². The van der Waals surface area contributed by atoms with Crippen LogP contribution in [0, 0.1) is 13.8 Å². The first-order valence-corrected chi connectivity index (χ1v) is 7.87. The SMILES string of the molecule is CCCc1ncc2c(n1)CN(Cc1[nH]c(C)cc1C)CC2. The molecule has 0 atom stereocenters. The Morgan fingerprint density at radius 3 is 2.90 bits per heavy atom. The maximum Gasteiger partial charge on any atom is 0.128 e. The fourth-order valence-electron chi connectivity index (χ4n) is 3.05. The van der Waals surface area contributed by atoms with Crippen molar-refractivity contribution in [3.63, 3.8) is 0 Å². The van der Waals surface area contributed by atoms with Crippen LogP contribution in [0.3, 0.4) is 0 Å². The van der Waals surface area contributed by atoms with Crippen LogP contribution in [0.25, 0.3) is 0 Å². The smallest absolute Gasteiger partial charge is 0.128 e. The number of rotatable bonds is 4. The van der Waals surface area contributed by atoms with Gasteiger partial charge in [-0.25, -0.2) is 9.97 Å². The summed E-state index contributed by atoms with van der Waals surface area (Å²) in [7, 11) is 0. The van der Waals surface area contributed by atoms with Crippen molar-refractivity contribution in [1.29, 1.82) is 0 Å². The van der Waals surface area contributed by atoms with Gasteiger partial charge >= 0.3 is 0 Å². The van der Waals surface area contributed by atoms with E-state index in [1.165, 1.54) is 28.2 Å². The molecule has 2 aromatic rings. The van der Waals surface area contributed by atoms with E-state index in [0.717, 1.165) is 44.7 Å². The normalized spacial score (nSPS) is 15.2. The van der Waals surface area contributed by atoms with Crippen molar-refractivity contribution in [2.24, 2.45) is 0 Å². The second-order valence-electron chi connectivity index (χ2n) is 6.08. The fraction of sp³-hybridized carbons (Fsp3) is 0.529. The predicted molar refractivity (Wildman–Crippen MR) is 84.1 cm³/mol. The molecule has 0 aromatic carbocycles. The lowest BCUT2D eigenvalue weighted by atomic mass is 10.1. The van der Waals surface area contributed by atoms with Gasteiger partial charge in [-0.2, -0.15) is 0 Å². The molecule has 1 aliphatic rings. The molecule has 3 heterocycles. The highest BCUT2D eigenvalue weighted by Crippen LogP contribution is 2.20. The zero-order chi connectivity index (χ0) is 14.8. The van der Waals surface area contributed by atoms with Crippen LogP contribution in [-0.2, 0) is 25.9 Å².